The Morgan fingerprint density at radius 1 is 1.34 bits per heavy atom. The van der Waals surface area contributed by atoms with Gasteiger partial charge in [0, 0.05) is 29.2 Å². The van der Waals surface area contributed by atoms with Crippen molar-refractivity contribution >= 4 is 37.3 Å². The van der Waals surface area contributed by atoms with E-state index in [-0.39, 0.29) is 40.0 Å². The van der Waals surface area contributed by atoms with Crippen LogP contribution >= 0.6 is 10.8 Å². The molecule has 170 valence electrons. The number of carbonyl (C=O) groups excluding carboxylic acids is 3. The maximum atomic E-state index is 12.1. The Kier molecular flexibility index (Phi) is 6.74. The predicted octanol–water partition coefficient (Wildman–Crippen LogP) is 1.75. The van der Waals surface area contributed by atoms with E-state index in [1.165, 1.54) is 12.1 Å². The molecule has 0 saturated heterocycles. The predicted molar refractivity (Wildman–Crippen MR) is 116 cm³/mol. The number of hydrogen-bond acceptors (Lipinski definition) is 9. The molecule has 1 aromatic rings. The smallest absolute Gasteiger partial charge is 0.350 e. The molecular formula is C20H20N2O8S2. The Morgan fingerprint density at radius 3 is 2.72 bits per heavy atom. The Labute approximate surface area is 186 Å². The standard InChI is InChI=1S/C20H20N2O8S2/c1-3-12(23)16-13(24)8-14(30-20(16)27)10(2)6-4-5-7-15(25)22-17-18-11(21-19(17)26)9-32(28,29)31-18/h5,7-10,24H,3-4,6H2,1-2H3,(H,21,26)(H,22,25)/b7-5+. The lowest BCUT2D eigenvalue weighted by atomic mass is 10.0. The first kappa shape index (κ1) is 23.5. The number of amides is 2. The fourth-order valence-electron chi connectivity index (χ4n) is 3.07. The van der Waals surface area contributed by atoms with Crippen molar-refractivity contribution in [2.45, 2.75) is 39.0 Å². The number of allylic oxidation sites excluding steroid dienone is 1. The van der Waals surface area contributed by atoms with E-state index in [1.807, 2.05) is 0 Å². The van der Waals surface area contributed by atoms with E-state index in [0.717, 1.165) is 5.41 Å². The first-order valence-corrected chi connectivity index (χ1v) is 12.5. The van der Waals surface area contributed by atoms with E-state index in [1.54, 1.807) is 19.9 Å². The quantitative estimate of drug-likeness (QED) is 0.286. The van der Waals surface area contributed by atoms with Crippen LogP contribution in [-0.4, -0.2) is 31.1 Å². The molecule has 2 amide bonds. The molecule has 32 heavy (non-hydrogen) atoms. The molecule has 10 nitrogen and oxygen atoms in total. The molecule has 3 rings (SSSR count). The number of aromatic hydroxyl groups is 1. The van der Waals surface area contributed by atoms with Crippen molar-refractivity contribution in [3.05, 3.63) is 61.7 Å². The van der Waals surface area contributed by atoms with Gasteiger partial charge in [-0.2, -0.15) is 0 Å². The van der Waals surface area contributed by atoms with E-state index in [4.69, 9.17) is 4.42 Å². The number of fused-ring (bicyclic) bond motifs is 1. The molecule has 2 aliphatic rings. The van der Waals surface area contributed by atoms with Crippen LogP contribution in [0.2, 0.25) is 0 Å². The van der Waals surface area contributed by atoms with Gasteiger partial charge < -0.3 is 20.2 Å². The lowest BCUT2D eigenvalue weighted by Crippen LogP contribution is -2.28. The molecule has 1 aromatic heterocycles. The molecule has 0 saturated carbocycles. The summed E-state index contributed by atoms with van der Waals surface area (Å²) in [5.41, 5.74) is -1.23. The molecule has 0 bridgehead atoms. The highest BCUT2D eigenvalue weighted by Crippen LogP contribution is 2.41. The van der Waals surface area contributed by atoms with Gasteiger partial charge >= 0.3 is 5.63 Å². The zero-order chi connectivity index (χ0) is 23.6. The molecule has 1 atom stereocenters. The summed E-state index contributed by atoms with van der Waals surface area (Å²) in [6.45, 7) is 3.33. The topological polar surface area (TPSA) is 160 Å². The van der Waals surface area contributed by atoms with Crippen molar-refractivity contribution in [1.82, 2.24) is 10.6 Å². The summed E-state index contributed by atoms with van der Waals surface area (Å²) < 4.78 is 28.4. The Balaban J connectivity index is 1.58. The summed E-state index contributed by atoms with van der Waals surface area (Å²) in [6, 6.07) is 1.25. The average molecular weight is 481 g/mol. The Bertz CT molecular complexity index is 1250. The molecule has 3 heterocycles. The van der Waals surface area contributed by atoms with Crippen molar-refractivity contribution in [3.63, 3.8) is 0 Å². The van der Waals surface area contributed by atoms with Crippen LogP contribution < -0.4 is 16.3 Å². The molecule has 12 heteroatoms. The monoisotopic (exact) mass is 480 g/mol. The maximum absolute atomic E-state index is 12.1. The number of ketones is 1. The van der Waals surface area contributed by atoms with Gasteiger partial charge in [0.1, 0.15) is 22.8 Å². The lowest BCUT2D eigenvalue weighted by Gasteiger charge is -2.10. The number of Topliss-reactive ketones (excluding diaryl/α,β-unsaturated/α-hetero) is 1. The molecule has 1 unspecified atom stereocenters. The molecule has 0 fully saturated rings. The third kappa shape index (κ3) is 5.02. The van der Waals surface area contributed by atoms with Gasteiger partial charge in [0.15, 0.2) is 5.78 Å². The van der Waals surface area contributed by atoms with Crippen LogP contribution in [0.25, 0.3) is 0 Å². The van der Waals surface area contributed by atoms with Crippen LogP contribution in [0.4, 0.5) is 0 Å². The lowest BCUT2D eigenvalue weighted by molar-refractivity contribution is -0.120. The van der Waals surface area contributed by atoms with Crippen LogP contribution in [0.1, 0.15) is 55.1 Å². The molecule has 0 radical (unpaired) electrons. The van der Waals surface area contributed by atoms with E-state index < -0.39 is 37.8 Å². The van der Waals surface area contributed by atoms with E-state index in [9.17, 15) is 32.7 Å². The zero-order valence-corrected chi connectivity index (χ0v) is 18.8. The summed E-state index contributed by atoms with van der Waals surface area (Å²) >= 11 is 0. The average Bonchev–Trinajstić information content (AvgIpc) is 3.15. The normalized spacial score (nSPS) is 17.8. The third-order valence-corrected chi connectivity index (χ3v) is 7.56. The van der Waals surface area contributed by atoms with Crippen LogP contribution in [0.5, 0.6) is 5.75 Å². The van der Waals surface area contributed by atoms with Gasteiger partial charge in [-0.1, -0.05) is 19.9 Å². The van der Waals surface area contributed by atoms with E-state index in [0.29, 0.717) is 23.6 Å². The van der Waals surface area contributed by atoms with E-state index >= 15 is 0 Å². The molecule has 0 aromatic carbocycles. The second-order valence-corrected chi connectivity index (χ2v) is 10.8. The fraction of sp³-hybridized carbons (Fsp3) is 0.300. The largest absolute Gasteiger partial charge is 0.507 e. The first-order valence-electron chi connectivity index (χ1n) is 9.62. The van der Waals surface area contributed by atoms with Gasteiger partial charge in [-0.3, -0.25) is 14.4 Å². The van der Waals surface area contributed by atoms with E-state index in [2.05, 4.69) is 10.6 Å². The third-order valence-electron chi connectivity index (χ3n) is 4.73. The highest BCUT2D eigenvalue weighted by atomic mass is 33.1. The number of nitrogens with one attached hydrogen (secondary N) is 2. The van der Waals surface area contributed by atoms with Gasteiger partial charge in [0.2, 0.25) is 14.8 Å². The van der Waals surface area contributed by atoms with Crippen molar-refractivity contribution in [1.29, 1.82) is 0 Å². The van der Waals surface area contributed by atoms with Crippen LogP contribution in [0.15, 0.2) is 49.1 Å². The van der Waals surface area contributed by atoms with Gasteiger partial charge in [-0.15, -0.1) is 0 Å². The minimum absolute atomic E-state index is 0.0617. The van der Waals surface area contributed by atoms with Gasteiger partial charge in [-0.05, 0) is 18.9 Å². The Morgan fingerprint density at radius 2 is 2.06 bits per heavy atom. The molecule has 0 aliphatic carbocycles. The molecule has 2 aliphatic heterocycles. The van der Waals surface area contributed by atoms with Crippen molar-refractivity contribution in [2.75, 3.05) is 0 Å². The Hall–Kier alpha value is -3.12. The van der Waals surface area contributed by atoms with Crippen LogP contribution in [0, 0.1) is 0 Å². The number of rotatable bonds is 8. The summed E-state index contributed by atoms with van der Waals surface area (Å²) in [6.07, 6.45) is 3.68. The summed E-state index contributed by atoms with van der Waals surface area (Å²) in [5.74, 6) is -2.20. The van der Waals surface area contributed by atoms with Gasteiger partial charge in [0.25, 0.3) is 5.91 Å². The van der Waals surface area contributed by atoms with Gasteiger partial charge in [-0.25, -0.2) is 13.2 Å². The zero-order valence-electron chi connectivity index (χ0n) is 17.1. The van der Waals surface area contributed by atoms with Crippen molar-refractivity contribution < 1.29 is 32.3 Å². The van der Waals surface area contributed by atoms with Crippen LogP contribution in [0.3, 0.4) is 0 Å². The van der Waals surface area contributed by atoms with Gasteiger partial charge in [0.05, 0.1) is 16.0 Å². The fourth-order valence-corrected chi connectivity index (χ4v) is 5.96. The van der Waals surface area contributed by atoms with Crippen LogP contribution in [-0.2, 0) is 18.5 Å². The number of carbonyl (C=O) groups is 3. The second kappa shape index (κ2) is 9.17. The maximum Gasteiger partial charge on any atom is 0.350 e. The molecule has 0 spiro atoms. The summed E-state index contributed by atoms with van der Waals surface area (Å²) in [4.78, 5) is 47.9. The van der Waals surface area contributed by atoms with Crippen molar-refractivity contribution in [2.24, 2.45) is 0 Å². The summed E-state index contributed by atoms with van der Waals surface area (Å²) in [7, 11) is -3.04. The minimum Gasteiger partial charge on any atom is -0.507 e. The highest BCUT2D eigenvalue weighted by Gasteiger charge is 2.37. The number of hydrogen-bond donors (Lipinski definition) is 3. The first-order chi connectivity index (χ1) is 15.0. The minimum atomic E-state index is -3.52. The highest BCUT2D eigenvalue weighted by molar-refractivity contribution is 8.75. The summed E-state index contributed by atoms with van der Waals surface area (Å²) in [5, 5.41) is 15.7. The van der Waals surface area contributed by atoms with Crippen molar-refractivity contribution in [3.8, 4) is 5.75 Å². The molecular weight excluding hydrogens is 460 g/mol. The molecule has 3 N–H and O–H groups in total. The SMILES string of the molecule is CCC(=O)c1c(O)cc(C(C)CC/C=C/C(=O)NC2=C3SS(=O)(=O)C=C3NC2=O)oc1=O. The second-order valence-electron chi connectivity index (χ2n) is 7.11.